The number of hydrogen-bond donors (Lipinski definition) is 0. The first-order valence-corrected chi connectivity index (χ1v) is 10.9. The SMILES string of the molecule is CC(C)c1cnc(O[C@H]2CC[C@H]3CCN(C(=O)Cc4cccc(C(F)(F)F)c4)CN32)cn1. The monoisotopic (exact) mass is 448 g/mol. The summed E-state index contributed by atoms with van der Waals surface area (Å²) in [7, 11) is 0. The zero-order chi connectivity index (χ0) is 22.9. The largest absolute Gasteiger partial charge is 0.457 e. The first-order chi connectivity index (χ1) is 15.2. The summed E-state index contributed by atoms with van der Waals surface area (Å²) in [6.45, 7) is 5.08. The Morgan fingerprint density at radius 2 is 2.00 bits per heavy atom. The van der Waals surface area contributed by atoms with Crippen molar-refractivity contribution in [1.82, 2.24) is 19.8 Å². The van der Waals surface area contributed by atoms with E-state index >= 15 is 0 Å². The molecule has 2 fully saturated rings. The van der Waals surface area contributed by atoms with Crippen molar-refractivity contribution in [2.24, 2.45) is 0 Å². The van der Waals surface area contributed by atoms with E-state index < -0.39 is 11.7 Å². The fraction of sp³-hybridized carbons (Fsp3) is 0.522. The minimum absolute atomic E-state index is 0.0594. The number of hydrogen-bond acceptors (Lipinski definition) is 5. The Morgan fingerprint density at radius 3 is 2.69 bits per heavy atom. The Hall–Kier alpha value is -2.68. The zero-order valence-corrected chi connectivity index (χ0v) is 18.2. The molecule has 2 aromatic rings. The van der Waals surface area contributed by atoms with Gasteiger partial charge in [0.2, 0.25) is 11.8 Å². The molecule has 0 bridgehead atoms. The van der Waals surface area contributed by atoms with Crippen molar-refractivity contribution in [3.63, 3.8) is 0 Å². The maximum atomic E-state index is 13.0. The molecule has 1 aromatic carbocycles. The molecule has 2 saturated heterocycles. The smallest absolute Gasteiger partial charge is 0.416 e. The minimum Gasteiger partial charge on any atom is -0.457 e. The molecule has 1 amide bonds. The summed E-state index contributed by atoms with van der Waals surface area (Å²) in [6, 6.07) is 5.28. The topological polar surface area (TPSA) is 58.6 Å². The maximum absolute atomic E-state index is 13.0. The van der Waals surface area contributed by atoms with Crippen molar-refractivity contribution in [2.75, 3.05) is 13.2 Å². The predicted octanol–water partition coefficient (Wildman–Crippen LogP) is 4.22. The number of carbonyl (C=O) groups is 1. The number of alkyl halides is 3. The van der Waals surface area contributed by atoms with Gasteiger partial charge in [-0.1, -0.05) is 32.0 Å². The Bertz CT molecular complexity index is 949. The van der Waals surface area contributed by atoms with Crippen LogP contribution in [-0.4, -0.2) is 51.2 Å². The predicted molar refractivity (Wildman–Crippen MR) is 112 cm³/mol. The van der Waals surface area contributed by atoms with Crippen LogP contribution < -0.4 is 4.74 Å². The average Bonchev–Trinajstić information content (AvgIpc) is 3.15. The van der Waals surface area contributed by atoms with Crippen LogP contribution in [0.2, 0.25) is 0 Å². The third kappa shape index (κ3) is 5.03. The number of halogens is 3. The van der Waals surface area contributed by atoms with E-state index in [9.17, 15) is 18.0 Å². The highest BCUT2D eigenvalue weighted by Crippen LogP contribution is 2.32. The Kier molecular flexibility index (Phi) is 6.37. The molecule has 3 heterocycles. The van der Waals surface area contributed by atoms with Gasteiger partial charge in [-0.05, 0) is 36.8 Å². The van der Waals surface area contributed by atoms with Gasteiger partial charge in [-0.25, -0.2) is 9.88 Å². The van der Waals surface area contributed by atoms with Crippen LogP contribution in [0.25, 0.3) is 0 Å². The fourth-order valence-corrected chi connectivity index (χ4v) is 4.29. The normalized spacial score (nSPS) is 21.6. The molecule has 0 aliphatic carbocycles. The standard InChI is InChI=1S/C23H27F3N4O2/c1-15(2)19-12-28-20(13-27-19)32-22-7-6-18-8-9-29(14-30(18)22)21(31)11-16-4-3-5-17(10-16)23(24,25)26/h3-5,10,12-13,15,18,22H,6-9,11,14H2,1-2H3/t18-,22-/m0/s1. The third-order valence-electron chi connectivity index (χ3n) is 6.11. The summed E-state index contributed by atoms with van der Waals surface area (Å²) >= 11 is 0. The molecule has 32 heavy (non-hydrogen) atoms. The van der Waals surface area contributed by atoms with Gasteiger partial charge in [0, 0.05) is 12.6 Å². The minimum atomic E-state index is -4.42. The lowest BCUT2D eigenvalue weighted by Gasteiger charge is -2.40. The second-order valence-electron chi connectivity index (χ2n) is 8.71. The van der Waals surface area contributed by atoms with E-state index in [0.717, 1.165) is 37.1 Å². The van der Waals surface area contributed by atoms with Gasteiger partial charge in [0.25, 0.3) is 0 Å². The highest BCUT2D eigenvalue weighted by molar-refractivity contribution is 5.78. The van der Waals surface area contributed by atoms with E-state index in [-0.39, 0.29) is 24.5 Å². The van der Waals surface area contributed by atoms with E-state index in [2.05, 4.69) is 14.9 Å². The number of aromatic nitrogens is 2. The molecule has 1 aromatic heterocycles. The molecular formula is C23H27F3N4O2. The van der Waals surface area contributed by atoms with Gasteiger partial charge in [0.05, 0.1) is 36.7 Å². The van der Waals surface area contributed by atoms with Crippen molar-refractivity contribution in [1.29, 1.82) is 0 Å². The van der Waals surface area contributed by atoms with E-state index in [4.69, 9.17) is 4.74 Å². The molecule has 2 aliphatic rings. The van der Waals surface area contributed by atoms with Gasteiger partial charge in [-0.15, -0.1) is 0 Å². The third-order valence-corrected chi connectivity index (χ3v) is 6.11. The molecule has 0 saturated carbocycles. The molecule has 2 atom stereocenters. The van der Waals surface area contributed by atoms with Crippen molar-refractivity contribution >= 4 is 5.91 Å². The molecule has 6 nitrogen and oxygen atoms in total. The van der Waals surface area contributed by atoms with Crippen molar-refractivity contribution in [3.8, 4) is 5.88 Å². The molecule has 172 valence electrons. The number of benzene rings is 1. The molecule has 0 N–H and O–H groups in total. The first-order valence-electron chi connectivity index (χ1n) is 10.9. The number of nitrogens with zero attached hydrogens (tertiary/aromatic N) is 4. The summed E-state index contributed by atoms with van der Waals surface area (Å²) in [5.41, 5.74) is 0.520. The number of amides is 1. The van der Waals surface area contributed by atoms with E-state index in [1.165, 1.54) is 6.07 Å². The molecule has 0 radical (unpaired) electrons. The summed E-state index contributed by atoms with van der Waals surface area (Å²) in [6.07, 6.45) is 1.27. The van der Waals surface area contributed by atoms with Gasteiger partial charge in [0.15, 0.2) is 6.23 Å². The second-order valence-corrected chi connectivity index (χ2v) is 8.71. The van der Waals surface area contributed by atoms with Crippen LogP contribution in [0.1, 0.15) is 55.8 Å². The van der Waals surface area contributed by atoms with Crippen LogP contribution >= 0.6 is 0 Å². The van der Waals surface area contributed by atoms with E-state index in [1.807, 2.05) is 13.8 Å². The molecule has 4 rings (SSSR count). The summed E-state index contributed by atoms with van der Waals surface area (Å²) in [5, 5.41) is 0. The van der Waals surface area contributed by atoms with Crippen LogP contribution in [0.4, 0.5) is 13.2 Å². The van der Waals surface area contributed by atoms with Crippen LogP contribution in [0, 0.1) is 0 Å². The van der Waals surface area contributed by atoms with E-state index in [0.29, 0.717) is 30.7 Å². The molecular weight excluding hydrogens is 421 g/mol. The van der Waals surface area contributed by atoms with Crippen molar-refractivity contribution < 1.29 is 22.7 Å². The van der Waals surface area contributed by atoms with E-state index in [1.54, 1.807) is 23.4 Å². The Balaban J connectivity index is 1.39. The number of ether oxygens (including phenoxy) is 1. The first kappa shape index (κ1) is 22.5. The number of rotatable bonds is 5. The molecule has 0 spiro atoms. The van der Waals surface area contributed by atoms with Crippen molar-refractivity contribution in [3.05, 3.63) is 53.5 Å². The second kappa shape index (κ2) is 9.05. The molecule has 2 aliphatic heterocycles. The Labute approximate surface area is 185 Å². The average molecular weight is 448 g/mol. The highest BCUT2D eigenvalue weighted by atomic mass is 19.4. The number of fused-ring (bicyclic) bond motifs is 1. The van der Waals surface area contributed by atoms with Crippen molar-refractivity contribution in [2.45, 2.75) is 63.9 Å². The lowest BCUT2D eigenvalue weighted by molar-refractivity contribution is -0.139. The van der Waals surface area contributed by atoms with Gasteiger partial charge < -0.3 is 9.64 Å². The van der Waals surface area contributed by atoms with Gasteiger partial charge in [-0.3, -0.25) is 9.78 Å². The Morgan fingerprint density at radius 1 is 1.19 bits per heavy atom. The zero-order valence-electron chi connectivity index (χ0n) is 18.2. The summed E-state index contributed by atoms with van der Waals surface area (Å²) in [5.74, 6) is 0.549. The van der Waals surface area contributed by atoms with Crippen LogP contribution in [0.15, 0.2) is 36.7 Å². The van der Waals surface area contributed by atoms with Gasteiger partial charge in [-0.2, -0.15) is 13.2 Å². The fourth-order valence-electron chi connectivity index (χ4n) is 4.29. The maximum Gasteiger partial charge on any atom is 0.416 e. The van der Waals surface area contributed by atoms with Crippen LogP contribution in [-0.2, 0) is 17.4 Å². The van der Waals surface area contributed by atoms with Gasteiger partial charge in [0.1, 0.15) is 0 Å². The summed E-state index contributed by atoms with van der Waals surface area (Å²) in [4.78, 5) is 25.4. The van der Waals surface area contributed by atoms with Crippen LogP contribution in [0.5, 0.6) is 5.88 Å². The lowest BCUT2D eigenvalue weighted by atomic mass is 10.1. The van der Waals surface area contributed by atoms with Gasteiger partial charge >= 0.3 is 6.18 Å². The quantitative estimate of drug-likeness (QED) is 0.686. The highest BCUT2D eigenvalue weighted by Gasteiger charge is 2.40. The molecule has 0 unspecified atom stereocenters. The molecule has 9 heteroatoms. The summed E-state index contributed by atoms with van der Waals surface area (Å²) < 4.78 is 45.0. The van der Waals surface area contributed by atoms with Crippen LogP contribution in [0.3, 0.4) is 0 Å². The lowest BCUT2D eigenvalue weighted by Crippen LogP contribution is -2.53. The number of carbonyl (C=O) groups excluding carboxylic acids is 1.